The van der Waals surface area contributed by atoms with Crippen molar-refractivity contribution in [1.29, 1.82) is 0 Å². The second kappa shape index (κ2) is 13.9. The summed E-state index contributed by atoms with van der Waals surface area (Å²) in [4.78, 5) is 0. The van der Waals surface area contributed by atoms with Crippen molar-refractivity contribution in [2.75, 3.05) is 33.0 Å². The van der Waals surface area contributed by atoms with E-state index in [-0.39, 0.29) is 40.8 Å². The Morgan fingerprint density at radius 3 is 2.40 bits per heavy atom. The molecule has 0 fully saturated rings. The summed E-state index contributed by atoms with van der Waals surface area (Å²) in [5.74, 6) is 0.868. The lowest BCUT2D eigenvalue weighted by Gasteiger charge is -2.29. The Labute approximate surface area is 278 Å². The standard InChI is InChI=1S/C34H32ClF2N3O8/c1-20-24(21-8-9-28-31(13-21)45-11-10-44-28)5-3-6-25(20)34(36,37)47-30-14-29(46-16-22-4-2-7-27-32(22)40-48-39-27)23(12-26(30)35)15-38-33(17-41,18-42)19-43/h2-9,12-14,38,41-43H,10-11,15-19H2,1H3. The molecule has 0 radical (unpaired) electrons. The molecule has 1 aliphatic heterocycles. The van der Waals surface area contributed by atoms with Gasteiger partial charge in [0.05, 0.1) is 35.9 Å². The molecule has 14 heteroatoms. The van der Waals surface area contributed by atoms with Gasteiger partial charge in [0.1, 0.15) is 42.4 Å². The van der Waals surface area contributed by atoms with Crippen LogP contribution in [0.1, 0.15) is 22.3 Å². The molecule has 252 valence electrons. The van der Waals surface area contributed by atoms with Crippen LogP contribution in [0.4, 0.5) is 8.78 Å². The molecule has 6 rings (SSSR count). The van der Waals surface area contributed by atoms with Crippen LogP contribution in [-0.4, -0.2) is 64.2 Å². The monoisotopic (exact) mass is 683 g/mol. The number of hydrogen-bond acceptors (Lipinski definition) is 11. The second-order valence-electron chi connectivity index (χ2n) is 11.3. The van der Waals surface area contributed by atoms with E-state index in [0.717, 1.165) is 0 Å². The maximum absolute atomic E-state index is 16.0. The van der Waals surface area contributed by atoms with Gasteiger partial charge in [-0.1, -0.05) is 41.9 Å². The SMILES string of the molecule is Cc1c(-c2ccc3c(c2)OCCO3)cccc1C(F)(F)Oc1cc(OCc2cccc3nonc23)c(CNC(CO)(CO)CO)cc1Cl. The van der Waals surface area contributed by atoms with Crippen LogP contribution in [0.2, 0.25) is 5.02 Å². The lowest BCUT2D eigenvalue weighted by atomic mass is 9.95. The van der Waals surface area contributed by atoms with Crippen molar-refractivity contribution in [3.8, 4) is 34.1 Å². The topological polar surface area (TPSA) is 149 Å². The lowest BCUT2D eigenvalue weighted by molar-refractivity contribution is -0.185. The molecule has 2 heterocycles. The third-order valence-electron chi connectivity index (χ3n) is 8.17. The molecule has 0 atom stereocenters. The van der Waals surface area contributed by atoms with Crippen LogP contribution < -0.4 is 24.3 Å². The van der Waals surface area contributed by atoms with Gasteiger partial charge in [0.15, 0.2) is 11.5 Å². The Balaban J connectivity index is 1.31. The van der Waals surface area contributed by atoms with Crippen molar-refractivity contribution >= 4 is 22.6 Å². The fourth-order valence-electron chi connectivity index (χ4n) is 5.33. The van der Waals surface area contributed by atoms with Crippen molar-refractivity contribution in [2.24, 2.45) is 0 Å². The summed E-state index contributed by atoms with van der Waals surface area (Å²) in [6.07, 6.45) is -3.83. The molecule has 0 saturated heterocycles. The zero-order valence-corrected chi connectivity index (χ0v) is 26.5. The lowest BCUT2D eigenvalue weighted by Crippen LogP contribution is -2.54. The summed E-state index contributed by atoms with van der Waals surface area (Å²) in [5, 5.41) is 39.8. The van der Waals surface area contributed by atoms with Crippen molar-refractivity contribution < 1.29 is 47.7 Å². The van der Waals surface area contributed by atoms with Crippen molar-refractivity contribution in [2.45, 2.75) is 31.7 Å². The first-order valence-corrected chi connectivity index (χ1v) is 15.3. The highest BCUT2D eigenvalue weighted by Crippen LogP contribution is 2.43. The van der Waals surface area contributed by atoms with Gasteiger partial charge >= 0.3 is 6.11 Å². The molecule has 0 saturated carbocycles. The van der Waals surface area contributed by atoms with E-state index in [1.807, 2.05) is 0 Å². The van der Waals surface area contributed by atoms with Gasteiger partial charge in [-0.15, -0.1) is 0 Å². The molecule has 1 aromatic heterocycles. The molecule has 1 aliphatic rings. The van der Waals surface area contributed by atoms with Gasteiger partial charge in [-0.25, -0.2) is 4.63 Å². The first-order valence-electron chi connectivity index (χ1n) is 15.0. The molecule has 0 bridgehead atoms. The van der Waals surface area contributed by atoms with Gasteiger partial charge < -0.3 is 39.6 Å². The Bertz CT molecular complexity index is 1910. The van der Waals surface area contributed by atoms with Crippen LogP contribution in [0.3, 0.4) is 0 Å². The first-order chi connectivity index (χ1) is 23.2. The molecular weight excluding hydrogens is 652 g/mol. The number of aliphatic hydroxyl groups is 3. The molecular formula is C34H32ClF2N3O8. The Hall–Kier alpha value is -4.53. The van der Waals surface area contributed by atoms with Crippen LogP contribution in [0.25, 0.3) is 22.2 Å². The molecule has 11 nitrogen and oxygen atoms in total. The van der Waals surface area contributed by atoms with Gasteiger partial charge in [-0.05, 0) is 64.3 Å². The normalized spacial score (nSPS) is 13.1. The minimum Gasteiger partial charge on any atom is -0.488 e. The highest BCUT2D eigenvalue weighted by Gasteiger charge is 2.38. The fourth-order valence-corrected chi connectivity index (χ4v) is 5.55. The van der Waals surface area contributed by atoms with Crippen LogP contribution >= 0.6 is 11.6 Å². The number of alkyl halides is 2. The average molecular weight is 684 g/mol. The minimum absolute atomic E-state index is 0.0577. The number of hydrogen-bond donors (Lipinski definition) is 4. The van der Waals surface area contributed by atoms with Gasteiger partial charge in [-0.3, -0.25) is 0 Å². The van der Waals surface area contributed by atoms with Gasteiger partial charge in [0, 0.05) is 23.7 Å². The number of fused-ring (bicyclic) bond motifs is 2. The average Bonchev–Trinajstić information content (AvgIpc) is 3.59. The second-order valence-corrected chi connectivity index (χ2v) is 11.7. The Morgan fingerprint density at radius 1 is 0.875 bits per heavy atom. The number of aromatic nitrogens is 2. The highest BCUT2D eigenvalue weighted by molar-refractivity contribution is 6.32. The minimum atomic E-state index is -3.83. The number of ether oxygens (including phenoxy) is 4. The predicted molar refractivity (Wildman–Crippen MR) is 171 cm³/mol. The van der Waals surface area contributed by atoms with E-state index < -0.39 is 31.5 Å². The van der Waals surface area contributed by atoms with Crippen molar-refractivity contribution in [3.63, 3.8) is 0 Å². The molecule has 5 aromatic rings. The summed E-state index contributed by atoms with van der Waals surface area (Å²) < 4.78 is 59.6. The van der Waals surface area contributed by atoms with Crippen molar-refractivity contribution in [1.82, 2.24) is 15.6 Å². The van der Waals surface area contributed by atoms with E-state index in [1.165, 1.54) is 24.3 Å². The first kappa shape index (κ1) is 33.4. The summed E-state index contributed by atoms with van der Waals surface area (Å²) in [7, 11) is 0. The maximum atomic E-state index is 16.0. The van der Waals surface area contributed by atoms with E-state index in [9.17, 15) is 15.3 Å². The Kier molecular flexibility index (Phi) is 9.67. The van der Waals surface area contributed by atoms with Gasteiger partial charge in [-0.2, -0.15) is 8.78 Å². The van der Waals surface area contributed by atoms with E-state index in [4.69, 9.17) is 35.2 Å². The molecule has 0 unspecified atom stereocenters. The number of nitrogens with one attached hydrogen (secondary N) is 1. The van der Waals surface area contributed by atoms with Gasteiger partial charge in [0.25, 0.3) is 0 Å². The smallest absolute Gasteiger partial charge is 0.427 e. The zero-order valence-electron chi connectivity index (χ0n) is 25.7. The van der Waals surface area contributed by atoms with Crippen LogP contribution in [0, 0.1) is 6.92 Å². The maximum Gasteiger partial charge on any atom is 0.427 e. The summed E-state index contributed by atoms with van der Waals surface area (Å²) in [6.45, 7) is 0.536. The van der Waals surface area contributed by atoms with Crippen LogP contribution in [0.5, 0.6) is 23.0 Å². The van der Waals surface area contributed by atoms with Gasteiger partial charge in [0.2, 0.25) is 0 Å². The summed E-state index contributed by atoms with van der Waals surface area (Å²) in [6, 6.07) is 17.6. The molecule has 4 N–H and O–H groups in total. The largest absolute Gasteiger partial charge is 0.488 e. The van der Waals surface area contributed by atoms with E-state index in [1.54, 1.807) is 49.4 Å². The van der Waals surface area contributed by atoms with Crippen molar-refractivity contribution in [3.05, 3.63) is 94.0 Å². The summed E-state index contributed by atoms with van der Waals surface area (Å²) >= 11 is 6.52. The summed E-state index contributed by atoms with van der Waals surface area (Å²) in [5.41, 5.74) is 1.66. The third kappa shape index (κ3) is 6.73. The van der Waals surface area contributed by atoms with E-state index >= 15 is 8.78 Å². The fraction of sp³-hybridized carbons (Fsp3) is 0.294. The van der Waals surface area contributed by atoms with Crippen LogP contribution in [0.15, 0.2) is 71.4 Å². The molecule has 0 spiro atoms. The van der Waals surface area contributed by atoms with E-state index in [0.29, 0.717) is 58.0 Å². The number of halogens is 3. The number of nitrogens with zero attached hydrogens (tertiary/aromatic N) is 2. The van der Waals surface area contributed by atoms with E-state index in [2.05, 4.69) is 15.6 Å². The zero-order chi connectivity index (χ0) is 33.9. The predicted octanol–water partition coefficient (Wildman–Crippen LogP) is 5.14. The molecule has 0 aliphatic carbocycles. The number of rotatable bonds is 13. The highest BCUT2D eigenvalue weighted by atomic mass is 35.5. The number of benzene rings is 4. The molecule has 4 aromatic carbocycles. The van der Waals surface area contributed by atoms with Crippen LogP contribution in [-0.2, 0) is 19.3 Å². The Morgan fingerprint density at radius 2 is 1.62 bits per heavy atom. The third-order valence-corrected chi connectivity index (χ3v) is 8.46. The number of aliphatic hydroxyl groups excluding tert-OH is 3. The molecule has 0 amide bonds. The quantitative estimate of drug-likeness (QED) is 0.131. The molecule has 48 heavy (non-hydrogen) atoms.